The molecule has 1 aromatic carbocycles. The molecule has 0 aliphatic heterocycles. The molecule has 1 rings (SSSR count). The normalized spacial score (nSPS) is 9.53. The molecular weight excluding hydrogens is 190 g/mol. The molecule has 0 N–H and O–H groups in total. The number of carbonyl (C=O) groups excluding carboxylic acids is 1. The summed E-state index contributed by atoms with van der Waals surface area (Å²) in [4.78, 5) is 13.1. The van der Waals surface area contributed by atoms with Crippen LogP contribution in [0.1, 0.15) is 15.9 Å². The summed E-state index contributed by atoms with van der Waals surface area (Å²) in [5.41, 5.74) is 1.54. The van der Waals surface area contributed by atoms with Gasteiger partial charge < -0.3 is 9.64 Å². The molecule has 1 amide bonds. The van der Waals surface area contributed by atoms with E-state index in [2.05, 4.69) is 6.58 Å². The summed E-state index contributed by atoms with van der Waals surface area (Å²) < 4.78 is 4.99. The van der Waals surface area contributed by atoms with Crippen molar-refractivity contribution >= 4 is 11.7 Å². The van der Waals surface area contributed by atoms with Crippen LogP contribution in [0.15, 0.2) is 30.8 Å². The Kier molecular flexibility index (Phi) is 3.50. The van der Waals surface area contributed by atoms with Crippen LogP contribution in [0.3, 0.4) is 0 Å². The van der Waals surface area contributed by atoms with E-state index in [4.69, 9.17) is 4.74 Å². The lowest BCUT2D eigenvalue weighted by Gasteiger charge is -2.10. The first-order chi connectivity index (χ1) is 7.06. The summed E-state index contributed by atoms with van der Waals surface area (Å²) in [7, 11) is 5.02. The molecule has 0 atom stereocenters. The van der Waals surface area contributed by atoms with E-state index in [-0.39, 0.29) is 5.91 Å². The zero-order valence-corrected chi connectivity index (χ0v) is 9.28. The van der Waals surface area contributed by atoms with E-state index in [9.17, 15) is 4.79 Å². The van der Waals surface area contributed by atoms with E-state index < -0.39 is 0 Å². The first-order valence-corrected chi connectivity index (χ1v) is 4.61. The predicted octanol–water partition coefficient (Wildman–Crippen LogP) is 2.01. The molecule has 0 aliphatic rings. The molecule has 15 heavy (non-hydrogen) atoms. The zero-order chi connectivity index (χ0) is 11.4. The summed E-state index contributed by atoms with van der Waals surface area (Å²) in [6.07, 6.45) is 0. The van der Waals surface area contributed by atoms with Crippen molar-refractivity contribution in [3.05, 3.63) is 42.0 Å². The lowest BCUT2D eigenvalue weighted by molar-refractivity contribution is 0.0827. The van der Waals surface area contributed by atoms with Crippen molar-refractivity contribution < 1.29 is 9.53 Å². The SMILES string of the molecule is C=C(OC)c1ccc(C(=O)N(C)C)cc1. The molecule has 1 aromatic rings. The molecular formula is C12H15NO2. The van der Waals surface area contributed by atoms with Gasteiger partial charge in [0, 0.05) is 25.2 Å². The summed E-state index contributed by atoms with van der Waals surface area (Å²) in [5.74, 6) is 0.587. The first kappa shape index (κ1) is 11.3. The van der Waals surface area contributed by atoms with Crippen LogP contribution in [0.5, 0.6) is 0 Å². The molecule has 3 nitrogen and oxygen atoms in total. The van der Waals surface area contributed by atoms with Crippen LogP contribution in [-0.4, -0.2) is 32.0 Å². The van der Waals surface area contributed by atoms with Crippen molar-refractivity contribution in [1.82, 2.24) is 4.90 Å². The Labute approximate surface area is 90.0 Å². The van der Waals surface area contributed by atoms with E-state index in [0.717, 1.165) is 5.56 Å². The first-order valence-electron chi connectivity index (χ1n) is 4.61. The van der Waals surface area contributed by atoms with E-state index in [1.165, 1.54) is 0 Å². The molecule has 0 spiro atoms. The van der Waals surface area contributed by atoms with Gasteiger partial charge in [-0.2, -0.15) is 0 Å². The van der Waals surface area contributed by atoms with Gasteiger partial charge in [-0.3, -0.25) is 4.79 Å². The van der Waals surface area contributed by atoms with Gasteiger partial charge in [-0.1, -0.05) is 18.7 Å². The molecule has 0 saturated carbocycles. The monoisotopic (exact) mass is 205 g/mol. The van der Waals surface area contributed by atoms with Gasteiger partial charge in [0.15, 0.2) is 0 Å². The number of carbonyl (C=O) groups is 1. The van der Waals surface area contributed by atoms with Crippen LogP contribution in [0.25, 0.3) is 5.76 Å². The van der Waals surface area contributed by atoms with E-state index in [0.29, 0.717) is 11.3 Å². The van der Waals surface area contributed by atoms with Crippen molar-refractivity contribution in [2.75, 3.05) is 21.2 Å². The molecule has 0 fully saturated rings. The van der Waals surface area contributed by atoms with Gasteiger partial charge in [-0.25, -0.2) is 0 Å². The van der Waals surface area contributed by atoms with Crippen LogP contribution in [0, 0.1) is 0 Å². The highest BCUT2D eigenvalue weighted by Gasteiger charge is 2.07. The molecule has 0 aliphatic carbocycles. The van der Waals surface area contributed by atoms with Gasteiger partial charge in [0.1, 0.15) is 5.76 Å². The number of rotatable bonds is 3. The van der Waals surface area contributed by atoms with Crippen molar-refractivity contribution in [3.8, 4) is 0 Å². The van der Waals surface area contributed by atoms with Crippen LogP contribution in [-0.2, 0) is 4.74 Å². The van der Waals surface area contributed by atoms with Crippen LogP contribution in [0.4, 0.5) is 0 Å². The van der Waals surface area contributed by atoms with Gasteiger partial charge >= 0.3 is 0 Å². The van der Waals surface area contributed by atoms with Gasteiger partial charge in [0.25, 0.3) is 5.91 Å². The van der Waals surface area contributed by atoms with Crippen LogP contribution >= 0.6 is 0 Å². The Morgan fingerprint density at radius 2 is 1.67 bits per heavy atom. The highest BCUT2D eigenvalue weighted by molar-refractivity contribution is 5.94. The second-order valence-electron chi connectivity index (χ2n) is 3.40. The number of methoxy groups -OCH3 is 1. The minimum absolute atomic E-state index is 0.00965. The maximum atomic E-state index is 11.6. The Bertz CT molecular complexity index is 366. The van der Waals surface area contributed by atoms with Crippen molar-refractivity contribution in [3.63, 3.8) is 0 Å². The average molecular weight is 205 g/mol. The Morgan fingerprint density at radius 3 is 2.07 bits per heavy atom. The Morgan fingerprint density at radius 1 is 1.20 bits per heavy atom. The summed E-state index contributed by atoms with van der Waals surface area (Å²) in [6.45, 7) is 3.74. The van der Waals surface area contributed by atoms with Crippen molar-refractivity contribution in [1.29, 1.82) is 0 Å². The number of hydrogen-bond acceptors (Lipinski definition) is 2. The molecule has 0 unspecified atom stereocenters. The number of ether oxygens (including phenoxy) is 1. The lowest BCUT2D eigenvalue weighted by Crippen LogP contribution is -2.21. The highest BCUT2D eigenvalue weighted by atomic mass is 16.5. The lowest BCUT2D eigenvalue weighted by atomic mass is 10.1. The standard InChI is InChI=1S/C12H15NO2/c1-9(15-4)10-5-7-11(8-6-10)12(14)13(2)3/h5-8H,1H2,2-4H3. The van der Waals surface area contributed by atoms with Crippen molar-refractivity contribution in [2.45, 2.75) is 0 Å². The largest absolute Gasteiger partial charge is 0.497 e. The average Bonchev–Trinajstić information content (AvgIpc) is 2.27. The van der Waals surface area contributed by atoms with E-state index in [1.807, 2.05) is 12.1 Å². The van der Waals surface area contributed by atoms with Gasteiger partial charge in [-0.15, -0.1) is 0 Å². The fraction of sp³-hybridized carbons (Fsp3) is 0.250. The smallest absolute Gasteiger partial charge is 0.253 e. The third-order valence-electron chi connectivity index (χ3n) is 2.11. The van der Waals surface area contributed by atoms with Crippen LogP contribution in [0.2, 0.25) is 0 Å². The summed E-state index contributed by atoms with van der Waals surface area (Å²) >= 11 is 0. The second-order valence-corrected chi connectivity index (χ2v) is 3.40. The fourth-order valence-corrected chi connectivity index (χ4v) is 1.17. The minimum atomic E-state index is -0.00965. The van der Waals surface area contributed by atoms with Gasteiger partial charge in [-0.05, 0) is 12.1 Å². The minimum Gasteiger partial charge on any atom is -0.497 e. The van der Waals surface area contributed by atoms with E-state index in [1.54, 1.807) is 38.2 Å². The molecule has 3 heteroatoms. The molecule has 0 heterocycles. The third-order valence-corrected chi connectivity index (χ3v) is 2.11. The maximum absolute atomic E-state index is 11.6. The van der Waals surface area contributed by atoms with E-state index >= 15 is 0 Å². The molecule has 0 aromatic heterocycles. The van der Waals surface area contributed by atoms with Gasteiger partial charge in [0.05, 0.1) is 7.11 Å². The Balaban J connectivity index is 2.90. The zero-order valence-electron chi connectivity index (χ0n) is 9.28. The highest BCUT2D eigenvalue weighted by Crippen LogP contribution is 2.14. The quantitative estimate of drug-likeness (QED) is 0.706. The number of hydrogen-bond donors (Lipinski definition) is 0. The Hall–Kier alpha value is -1.77. The number of benzene rings is 1. The number of amides is 1. The summed E-state index contributed by atoms with van der Waals surface area (Å²) in [6, 6.07) is 7.18. The molecule has 0 saturated heterocycles. The topological polar surface area (TPSA) is 29.5 Å². The molecule has 0 bridgehead atoms. The predicted molar refractivity (Wildman–Crippen MR) is 60.5 cm³/mol. The number of nitrogens with zero attached hydrogens (tertiary/aromatic N) is 1. The summed E-state index contributed by atoms with van der Waals surface area (Å²) in [5, 5.41) is 0. The second kappa shape index (κ2) is 4.64. The van der Waals surface area contributed by atoms with Crippen LogP contribution < -0.4 is 0 Å². The van der Waals surface area contributed by atoms with Crippen molar-refractivity contribution in [2.24, 2.45) is 0 Å². The molecule has 80 valence electrons. The maximum Gasteiger partial charge on any atom is 0.253 e. The molecule has 0 radical (unpaired) electrons. The third kappa shape index (κ3) is 2.59. The van der Waals surface area contributed by atoms with Gasteiger partial charge in [0.2, 0.25) is 0 Å². The fourth-order valence-electron chi connectivity index (χ4n) is 1.17.